The standard InChI is InChI=1S/C12H15O2P/c13-12(14)11(9-4-5-9)7-8-2-1-3-10(15)6-8/h1-3,6,9,11H,4-5,7,15H2,(H,13,14). The van der Waals surface area contributed by atoms with Gasteiger partial charge in [0.25, 0.3) is 0 Å². The molecule has 0 aromatic heterocycles. The van der Waals surface area contributed by atoms with E-state index in [1.807, 2.05) is 24.3 Å². The van der Waals surface area contributed by atoms with Gasteiger partial charge in [-0.2, -0.15) is 0 Å². The molecule has 15 heavy (non-hydrogen) atoms. The van der Waals surface area contributed by atoms with Gasteiger partial charge in [-0.05, 0) is 36.0 Å². The molecule has 1 fully saturated rings. The van der Waals surface area contributed by atoms with Crippen molar-refractivity contribution in [2.24, 2.45) is 11.8 Å². The van der Waals surface area contributed by atoms with Gasteiger partial charge in [0.15, 0.2) is 0 Å². The van der Waals surface area contributed by atoms with Crippen LogP contribution in [0.4, 0.5) is 0 Å². The summed E-state index contributed by atoms with van der Waals surface area (Å²) >= 11 is 0. The molecule has 0 radical (unpaired) electrons. The summed E-state index contributed by atoms with van der Waals surface area (Å²) < 4.78 is 0. The molecule has 3 heteroatoms. The second-order valence-electron chi connectivity index (χ2n) is 4.23. The van der Waals surface area contributed by atoms with Crippen molar-refractivity contribution >= 4 is 20.5 Å². The molecule has 2 nitrogen and oxygen atoms in total. The smallest absolute Gasteiger partial charge is 0.307 e. The van der Waals surface area contributed by atoms with Crippen molar-refractivity contribution in [3.8, 4) is 0 Å². The molecule has 2 atom stereocenters. The van der Waals surface area contributed by atoms with Crippen molar-refractivity contribution < 1.29 is 9.90 Å². The first kappa shape index (κ1) is 10.6. The maximum atomic E-state index is 11.1. The van der Waals surface area contributed by atoms with Crippen LogP contribution in [0.3, 0.4) is 0 Å². The number of hydrogen-bond acceptors (Lipinski definition) is 1. The summed E-state index contributed by atoms with van der Waals surface area (Å²) in [6, 6.07) is 8.03. The van der Waals surface area contributed by atoms with Gasteiger partial charge < -0.3 is 5.11 Å². The van der Waals surface area contributed by atoms with E-state index in [1.165, 1.54) is 0 Å². The zero-order valence-corrected chi connectivity index (χ0v) is 9.67. The van der Waals surface area contributed by atoms with Crippen LogP contribution >= 0.6 is 9.24 Å². The van der Waals surface area contributed by atoms with Gasteiger partial charge in [-0.25, -0.2) is 0 Å². The monoisotopic (exact) mass is 222 g/mol. The van der Waals surface area contributed by atoms with Crippen molar-refractivity contribution in [3.63, 3.8) is 0 Å². The highest BCUT2D eigenvalue weighted by Crippen LogP contribution is 2.38. The molecular weight excluding hydrogens is 207 g/mol. The summed E-state index contributed by atoms with van der Waals surface area (Å²) in [5.74, 6) is -0.417. The van der Waals surface area contributed by atoms with Crippen molar-refractivity contribution in [2.75, 3.05) is 0 Å². The van der Waals surface area contributed by atoms with E-state index in [2.05, 4.69) is 9.24 Å². The van der Waals surface area contributed by atoms with Gasteiger partial charge in [0.2, 0.25) is 0 Å². The van der Waals surface area contributed by atoms with E-state index < -0.39 is 5.97 Å². The van der Waals surface area contributed by atoms with E-state index in [0.29, 0.717) is 12.3 Å². The molecule has 0 aliphatic heterocycles. The lowest BCUT2D eigenvalue weighted by atomic mass is 9.95. The topological polar surface area (TPSA) is 37.3 Å². The lowest BCUT2D eigenvalue weighted by molar-refractivity contribution is -0.142. The SMILES string of the molecule is O=C(O)C(Cc1cccc(P)c1)C1CC1. The van der Waals surface area contributed by atoms with Gasteiger partial charge in [0.1, 0.15) is 0 Å². The van der Waals surface area contributed by atoms with Crippen molar-refractivity contribution in [2.45, 2.75) is 19.3 Å². The number of benzene rings is 1. The van der Waals surface area contributed by atoms with Crippen LogP contribution in [0.2, 0.25) is 0 Å². The molecule has 0 spiro atoms. The Balaban J connectivity index is 2.08. The Bertz CT molecular complexity index is 372. The Morgan fingerprint density at radius 2 is 2.27 bits per heavy atom. The number of carbonyl (C=O) groups is 1. The van der Waals surface area contributed by atoms with E-state index in [4.69, 9.17) is 5.11 Å². The van der Waals surface area contributed by atoms with E-state index in [1.54, 1.807) is 0 Å². The van der Waals surface area contributed by atoms with Gasteiger partial charge in [0, 0.05) is 0 Å². The van der Waals surface area contributed by atoms with Crippen LogP contribution in [0.5, 0.6) is 0 Å². The molecule has 0 amide bonds. The molecule has 0 bridgehead atoms. The molecule has 0 saturated heterocycles. The Kier molecular flexibility index (Phi) is 3.06. The molecule has 1 aliphatic rings. The fourth-order valence-corrected chi connectivity index (χ4v) is 2.25. The molecule has 1 aromatic rings. The Morgan fingerprint density at radius 1 is 1.53 bits per heavy atom. The maximum Gasteiger partial charge on any atom is 0.307 e. The summed E-state index contributed by atoms with van der Waals surface area (Å²) in [5, 5.41) is 10.2. The largest absolute Gasteiger partial charge is 0.481 e. The molecule has 2 unspecified atom stereocenters. The minimum absolute atomic E-state index is 0.184. The zero-order valence-electron chi connectivity index (χ0n) is 8.52. The molecule has 1 aliphatic carbocycles. The van der Waals surface area contributed by atoms with Crippen LogP contribution in [0.15, 0.2) is 24.3 Å². The average molecular weight is 222 g/mol. The summed E-state index contributed by atoms with van der Waals surface area (Å²) in [4.78, 5) is 11.1. The molecule has 2 rings (SSSR count). The quantitative estimate of drug-likeness (QED) is 0.789. The minimum Gasteiger partial charge on any atom is -0.481 e. The van der Waals surface area contributed by atoms with Crippen molar-refractivity contribution in [1.29, 1.82) is 0 Å². The third kappa shape index (κ3) is 2.79. The summed E-state index contributed by atoms with van der Waals surface area (Å²) in [7, 11) is 2.64. The Labute approximate surface area is 91.9 Å². The summed E-state index contributed by atoms with van der Waals surface area (Å²) in [6.45, 7) is 0. The third-order valence-corrected chi connectivity index (χ3v) is 3.27. The molecule has 0 heterocycles. The fourth-order valence-electron chi connectivity index (χ4n) is 1.93. The predicted octanol–water partition coefficient (Wildman–Crippen LogP) is 1.84. The van der Waals surface area contributed by atoms with Gasteiger partial charge in [-0.3, -0.25) is 4.79 Å². The molecule has 1 aromatic carbocycles. The second-order valence-corrected chi connectivity index (χ2v) is 4.90. The first-order valence-corrected chi connectivity index (χ1v) is 5.82. The van der Waals surface area contributed by atoms with Crippen LogP contribution in [0.25, 0.3) is 0 Å². The van der Waals surface area contributed by atoms with Crippen molar-refractivity contribution in [1.82, 2.24) is 0 Å². The Morgan fingerprint density at radius 3 is 2.80 bits per heavy atom. The van der Waals surface area contributed by atoms with Crippen molar-refractivity contribution in [3.05, 3.63) is 29.8 Å². The highest BCUT2D eigenvalue weighted by Gasteiger charge is 2.35. The third-order valence-electron chi connectivity index (χ3n) is 2.91. The second kappa shape index (κ2) is 4.32. The zero-order chi connectivity index (χ0) is 10.8. The van der Waals surface area contributed by atoms with Crippen LogP contribution < -0.4 is 5.30 Å². The highest BCUT2D eigenvalue weighted by molar-refractivity contribution is 7.27. The fraction of sp³-hybridized carbons (Fsp3) is 0.417. The van der Waals surface area contributed by atoms with Crippen LogP contribution in [0, 0.1) is 11.8 Å². The van der Waals surface area contributed by atoms with Crippen LogP contribution in [0.1, 0.15) is 18.4 Å². The molecule has 80 valence electrons. The van der Waals surface area contributed by atoms with E-state index in [0.717, 1.165) is 23.7 Å². The van der Waals surface area contributed by atoms with E-state index >= 15 is 0 Å². The highest BCUT2D eigenvalue weighted by atomic mass is 31.0. The van der Waals surface area contributed by atoms with Gasteiger partial charge in [-0.1, -0.05) is 24.3 Å². The molecule has 1 saturated carbocycles. The number of carboxylic acid groups (broad SMARTS) is 1. The molecule has 1 N–H and O–H groups in total. The first-order chi connectivity index (χ1) is 7.16. The summed E-state index contributed by atoms with van der Waals surface area (Å²) in [6.07, 6.45) is 2.83. The lowest BCUT2D eigenvalue weighted by Crippen LogP contribution is -2.18. The number of carboxylic acids is 1. The van der Waals surface area contributed by atoms with E-state index in [-0.39, 0.29) is 5.92 Å². The van der Waals surface area contributed by atoms with Gasteiger partial charge in [-0.15, -0.1) is 9.24 Å². The van der Waals surface area contributed by atoms with Gasteiger partial charge >= 0.3 is 5.97 Å². The summed E-state index contributed by atoms with van der Waals surface area (Å²) in [5.41, 5.74) is 1.13. The van der Waals surface area contributed by atoms with Crippen LogP contribution in [-0.2, 0) is 11.2 Å². The lowest BCUT2D eigenvalue weighted by Gasteiger charge is -2.11. The number of hydrogen-bond donors (Lipinski definition) is 1. The molecular formula is C12H15O2P. The van der Waals surface area contributed by atoms with Crippen LogP contribution in [-0.4, -0.2) is 11.1 Å². The Hall–Kier alpha value is -0.880. The number of aliphatic carboxylic acids is 1. The predicted molar refractivity (Wildman–Crippen MR) is 63.3 cm³/mol. The first-order valence-electron chi connectivity index (χ1n) is 5.24. The van der Waals surface area contributed by atoms with E-state index in [9.17, 15) is 4.79 Å². The normalized spacial score (nSPS) is 17.4. The average Bonchev–Trinajstić information content (AvgIpc) is 2.97. The maximum absolute atomic E-state index is 11.1. The van der Waals surface area contributed by atoms with Gasteiger partial charge in [0.05, 0.1) is 5.92 Å². The number of rotatable bonds is 4. The minimum atomic E-state index is -0.647.